The second kappa shape index (κ2) is 11.4. The maximum atomic E-state index is 12.4. The van der Waals surface area contributed by atoms with Crippen molar-refractivity contribution in [2.24, 2.45) is 0 Å². The van der Waals surface area contributed by atoms with Gasteiger partial charge in [-0.05, 0) is 60.5 Å². The van der Waals surface area contributed by atoms with Crippen LogP contribution in [-0.4, -0.2) is 40.3 Å². The molecule has 0 aliphatic heterocycles. The van der Waals surface area contributed by atoms with Crippen molar-refractivity contribution in [2.45, 2.75) is 13.3 Å². The highest BCUT2D eigenvalue weighted by Crippen LogP contribution is 2.25. The molecule has 1 amide bonds. The van der Waals surface area contributed by atoms with Crippen LogP contribution < -0.4 is 19.1 Å². The quantitative estimate of drug-likeness (QED) is 0.430. The van der Waals surface area contributed by atoms with Gasteiger partial charge in [-0.1, -0.05) is 37.3 Å². The minimum Gasteiger partial charge on any atom is -0.492 e. The van der Waals surface area contributed by atoms with E-state index in [1.807, 2.05) is 54.6 Å². The van der Waals surface area contributed by atoms with Gasteiger partial charge in [-0.3, -0.25) is 9.10 Å². The van der Waals surface area contributed by atoms with Gasteiger partial charge in [0.2, 0.25) is 15.9 Å². The molecule has 0 fully saturated rings. The maximum Gasteiger partial charge on any atom is 0.240 e. The lowest BCUT2D eigenvalue weighted by Crippen LogP contribution is -2.41. The van der Waals surface area contributed by atoms with Gasteiger partial charge in [-0.15, -0.1) is 0 Å². The third kappa shape index (κ3) is 7.54. The van der Waals surface area contributed by atoms with E-state index in [9.17, 15) is 13.2 Å². The molecule has 0 spiro atoms. The van der Waals surface area contributed by atoms with Crippen LogP contribution in [-0.2, 0) is 21.2 Å². The highest BCUT2D eigenvalue weighted by atomic mass is 32.2. The fraction of sp³-hybridized carbons (Fsp3) is 0.240. The monoisotopic (exact) mass is 468 g/mol. The van der Waals surface area contributed by atoms with Crippen molar-refractivity contribution in [1.29, 1.82) is 0 Å². The summed E-state index contributed by atoms with van der Waals surface area (Å²) >= 11 is 0. The van der Waals surface area contributed by atoms with Crippen molar-refractivity contribution >= 4 is 21.6 Å². The summed E-state index contributed by atoms with van der Waals surface area (Å²) in [7, 11) is -3.66. The van der Waals surface area contributed by atoms with Crippen molar-refractivity contribution in [3.05, 3.63) is 84.4 Å². The van der Waals surface area contributed by atoms with E-state index in [4.69, 9.17) is 9.47 Å². The number of ether oxygens (including phenoxy) is 2. The molecule has 0 atom stereocenters. The van der Waals surface area contributed by atoms with Crippen LogP contribution in [0.15, 0.2) is 78.9 Å². The number of carbonyl (C=O) groups is 1. The Labute approximate surface area is 195 Å². The Hall–Kier alpha value is -3.52. The Morgan fingerprint density at radius 3 is 2.09 bits per heavy atom. The predicted molar refractivity (Wildman–Crippen MR) is 129 cm³/mol. The van der Waals surface area contributed by atoms with E-state index in [2.05, 4.69) is 12.2 Å². The van der Waals surface area contributed by atoms with Crippen LogP contribution >= 0.6 is 0 Å². The molecule has 7 nitrogen and oxygen atoms in total. The molecular formula is C25H28N2O5S. The number of amides is 1. The molecule has 0 aromatic heterocycles. The molecule has 0 aliphatic rings. The molecule has 0 heterocycles. The highest BCUT2D eigenvalue weighted by Gasteiger charge is 2.20. The van der Waals surface area contributed by atoms with Gasteiger partial charge < -0.3 is 14.8 Å². The van der Waals surface area contributed by atoms with E-state index in [1.54, 1.807) is 24.3 Å². The Bertz CT molecular complexity index is 1130. The molecule has 174 valence electrons. The third-order valence-corrected chi connectivity index (χ3v) is 5.96. The molecule has 8 heteroatoms. The van der Waals surface area contributed by atoms with Gasteiger partial charge >= 0.3 is 0 Å². The first-order valence-corrected chi connectivity index (χ1v) is 12.5. The number of anilines is 1. The van der Waals surface area contributed by atoms with Gasteiger partial charge in [-0.2, -0.15) is 0 Å². The fourth-order valence-corrected chi connectivity index (χ4v) is 3.93. The lowest BCUT2D eigenvalue weighted by molar-refractivity contribution is -0.119. The molecular weight excluding hydrogens is 440 g/mol. The predicted octanol–water partition coefficient (Wildman–Crippen LogP) is 4.00. The summed E-state index contributed by atoms with van der Waals surface area (Å²) in [5.74, 6) is 1.53. The van der Waals surface area contributed by atoms with Gasteiger partial charge in [-0.25, -0.2) is 8.42 Å². The smallest absolute Gasteiger partial charge is 0.240 e. The largest absolute Gasteiger partial charge is 0.492 e. The van der Waals surface area contributed by atoms with E-state index in [-0.39, 0.29) is 19.7 Å². The molecule has 0 radical (unpaired) electrons. The second-order valence-electron chi connectivity index (χ2n) is 7.37. The Kier molecular flexibility index (Phi) is 8.32. The lowest BCUT2D eigenvalue weighted by Gasteiger charge is -2.22. The van der Waals surface area contributed by atoms with Crippen molar-refractivity contribution in [3.8, 4) is 17.2 Å². The van der Waals surface area contributed by atoms with E-state index < -0.39 is 15.9 Å². The summed E-state index contributed by atoms with van der Waals surface area (Å²) in [6.45, 7) is 2.29. The van der Waals surface area contributed by atoms with E-state index in [0.717, 1.165) is 22.7 Å². The summed E-state index contributed by atoms with van der Waals surface area (Å²) in [5, 5.41) is 2.70. The fourth-order valence-electron chi connectivity index (χ4n) is 3.07. The van der Waals surface area contributed by atoms with Crippen molar-refractivity contribution in [3.63, 3.8) is 0 Å². The minimum atomic E-state index is -3.66. The standard InChI is InChI=1S/C25H28N2O5S/c1-3-20-9-13-22(14-10-20)31-18-17-26-25(28)19-27(33(2,29)30)21-11-15-24(16-12-21)32-23-7-5-4-6-8-23/h4-16H,3,17-19H2,1-2H3,(H,26,28). The summed E-state index contributed by atoms with van der Waals surface area (Å²) in [6, 6.07) is 23.6. The topological polar surface area (TPSA) is 84.9 Å². The third-order valence-electron chi connectivity index (χ3n) is 4.82. The molecule has 0 bridgehead atoms. The zero-order valence-electron chi connectivity index (χ0n) is 18.7. The number of nitrogens with zero attached hydrogens (tertiary/aromatic N) is 1. The van der Waals surface area contributed by atoms with Gasteiger partial charge in [0.15, 0.2) is 0 Å². The molecule has 0 unspecified atom stereocenters. The maximum absolute atomic E-state index is 12.4. The van der Waals surface area contributed by atoms with Crippen LogP contribution in [0.1, 0.15) is 12.5 Å². The van der Waals surface area contributed by atoms with Crippen LogP contribution in [0.4, 0.5) is 5.69 Å². The second-order valence-corrected chi connectivity index (χ2v) is 9.28. The number of sulfonamides is 1. The van der Waals surface area contributed by atoms with Crippen LogP contribution in [0.25, 0.3) is 0 Å². The van der Waals surface area contributed by atoms with Crippen LogP contribution in [0.5, 0.6) is 17.2 Å². The SMILES string of the molecule is CCc1ccc(OCCNC(=O)CN(c2ccc(Oc3ccccc3)cc2)S(C)(=O)=O)cc1. The molecule has 3 aromatic rings. The Morgan fingerprint density at radius 2 is 1.48 bits per heavy atom. The number of benzene rings is 3. The zero-order valence-corrected chi connectivity index (χ0v) is 19.5. The van der Waals surface area contributed by atoms with E-state index in [0.29, 0.717) is 17.2 Å². The molecule has 0 aliphatic carbocycles. The van der Waals surface area contributed by atoms with Crippen LogP contribution in [0, 0.1) is 0 Å². The first-order chi connectivity index (χ1) is 15.8. The normalized spacial score (nSPS) is 11.0. The molecule has 0 saturated heterocycles. The summed E-state index contributed by atoms with van der Waals surface area (Å²) in [6.07, 6.45) is 2.02. The first-order valence-electron chi connectivity index (χ1n) is 10.6. The summed E-state index contributed by atoms with van der Waals surface area (Å²) < 4.78 is 37.0. The summed E-state index contributed by atoms with van der Waals surface area (Å²) in [4.78, 5) is 12.4. The van der Waals surface area contributed by atoms with Gasteiger partial charge in [0.1, 0.15) is 30.4 Å². The van der Waals surface area contributed by atoms with Gasteiger partial charge in [0.25, 0.3) is 0 Å². The van der Waals surface area contributed by atoms with E-state index in [1.165, 1.54) is 5.56 Å². The van der Waals surface area contributed by atoms with E-state index >= 15 is 0 Å². The van der Waals surface area contributed by atoms with Gasteiger partial charge in [0, 0.05) is 0 Å². The number of hydrogen-bond donors (Lipinski definition) is 1. The number of para-hydroxylation sites is 1. The van der Waals surface area contributed by atoms with Crippen LogP contribution in [0.3, 0.4) is 0 Å². The Morgan fingerprint density at radius 1 is 0.879 bits per heavy atom. The zero-order chi connectivity index (χ0) is 23.7. The molecule has 3 aromatic carbocycles. The van der Waals surface area contributed by atoms with Crippen molar-refractivity contribution in [2.75, 3.05) is 30.3 Å². The summed E-state index contributed by atoms with van der Waals surface area (Å²) in [5.41, 5.74) is 1.59. The molecule has 1 N–H and O–H groups in total. The average molecular weight is 469 g/mol. The Balaban J connectivity index is 1.53. The van der Waals surface area contributed by atoms with Crippen LogP contribution in [0.2, 0.25) is 0 Å². The molecule has 0 saturated carbocycles. The average Bonchev–Trinajstić information content (AvgIpc) is 2.81. The highest BCUT2D eigenvalue weighted by molar-refractivity contribution is 7.92. The number of carbonyl (C=O) groups excluding carboxylic acids is 1. The van der Waals surface area contributed by atoms with Crippen molar-refractivity contribution in [1.82, 2.24) is 5.32 Å². The molecule has 33 heavy (non-hydrogen) atoms. The lowest BCUT2D eigenvalue weighted by atomic mass is 10.2. The number of hydrogen-bond acceptors (Lipinski definition) is 5. The van der Waals surface area contributed by atoms with Crippen molar-refractivity contribution < 1.29 is 22.7 Å². The number of aryl methyl sites for hydroxylation is 1. The molecule has 3 rings (SSSR count). The first kappa shape index (κ1) is 24.1. The number of nitrogens with one attached hydrogen (secondary N) is 1. The van der Waals surface area contributed by atoms with Gasteiger partial charge in [0.05, 0.1) is 18.5 Å². The number of rotatable bonds is 11. The minimum absolute atomic E-state index is 0.260.